The van der Waals surface area contributed by atoms with E-state index in [1.54, 1.807) is 29.7 Å². The Morgan fingerprint density at radius 3 is 2.50 bits per heavy atom. The summed E-state index contributed by atoms with van der Waals surface area (Å²) >= 11 is 1.61. The molecule has 0 saturated carbocycles. The fourth-order valence-corrected chi connectivity index (χ4v) is 2.72. The number of hydrogen-bond acceptors (Lipinski definition) is 5. The van der Waals surface area contributed by atoms with Crippen LogP contribution in [0, 0.1) is 0 Å². The summed E-state index contributed by atoms with van der Waals surface area (Å²) in [6.07, 6.45) is 2.99. The molecule has 0 radical (unpaired) electrons. The first-order valence-corrected chi connectivity index (χ1v) is 8.21. The molecule has 96 valence electrons. The smallest absolute Gasteiger partial charge is 0.175 e. The fraction of sp³-hybridized carbons (Fsp3) is 0.250. The molecule has 1 aromatic carbocycles. The molecule has 0 saturated heterocycles. The number of nitrogens with zero attached hydrogens (tertiary/aromatic N) is 1. The quantitative estimate of drug-likeness (QED) is 0.909. The van der Waals surface area contributed by atoms with Crippen LogP contribution in [0.1, 0.15) is 10.6 Å². The Labute approximate surface area is 111 Å². The first-order valence-electron chi connectivity index (χ1n) is 5.44. The summed E-state index contributed by atoms with van der Waals surface area (Å²) in [6, 6.07) is 6.92. The van der Waals surface area contributed by atoms with Crippen molar-refractivity contribution in [1.82, 2.24) is 10.3 Å². The summed E-state index contributed by atoms with van der Waals surface area (Å²) in [6.45, 7) is 1.43. The number of hydrogen-bond donors (Lipinski definition) is 1. The summed E-state index contributed by atoms with van der Waals surface area (Å²) in [4.78, 5) is 4.52. The van der Waals surface area contributed by atoms with Crippen LogP contribution in [0.2, 0.25) is 0 Å². The van der Waals surface area contributed by atoms with E-state index in [1.165, 1.54) is 6.26 Å². The molecule has 0 fully saturated rings. The van der Waals surface area contributed by atoms with E-state index in [2.05, 4.69) is 10.3 Å². The lowest BCUT2D eigenvalue weighted by Crippen LogP contribution is -2.12. The molecular formula is C12H14N2O2S2. The molecule has 0 unspecified atom stereocenters. The topological polar surface area (TPSA) is 59.1 Å². The Kier molecular flexibility index (Phi) is 4.11. The van der Waals surface area contributed by atoms with Gasteiger partial charge in [0, 0.05) is 30.9 Å². The minimum absolute atomic E-state index is 0.353. The van der Waals surface area contributed by atoms with Crippen LogP contribution < -0.4 is 5.32 Å². The van der Waals surface area contributed by atoms with Crippen molar-refractivity contribution in [2.45, 2.75) is 18.0 Å². The van der Waals surface area contributed by atoms with Gasteiger partial charge in [0.15, 0.2) is 9.84 Å². The third-order valence-corrected chi connectivity index (χ3v) is 4.35. The normalized spacial score (nSPS) is 11.6. The minimum Gasteiger partial charge on any atom is -0.306 e. The number of rotatable bonds is 5. The van der Waals surface area contributed by atoms with Crippen molar-refractivity contribution >= 4 is 21.2 Å². The van der Waals surface area contributed by atoms with Gasteiger partial charge >= 0.3 is 0 Å². The van der Waals surface area contributed by atoms with Gasteiger partial charge in [0.05, 0.1) is 4.90 Å². The third kappa shape index (κ3) is 3.63. The molecule has 0 spiro atoms. The van der Waals surface area contributed by atoms with E-state index in [-0.39, 0.29) is 0 Å². The summed E-state index contributed by atoms with van der Waals surface area (Å²) in [5.74, 6) is 0. The van der Waals surface area contributed by atoms with Gasteiger partial charge in [0.2, 0.25) is 0 Å². The fourth-order valence-electron chi connectivity index (χ4n) is 1.51. The second kappa shape index (κ2) is 5.60. The number of benzene rings is 1. The Balaban J connectivity index is 1.91. The highest BCUT2D eigenvalue weighted by Gasteiger charge is 2.05. The van der Waals surface area contributed by atoms with Crippen LogP contribution in [-0.2, 0) is 22.9 Å². The average Bonchev–Trinajstić information content (AvgIpc) is 2.82. The van der Waals surface area contributed by atoms with E-state index in [1.807, 2.05) is 17.5 Å². The zero-order valence-electron chi connectivity index (χ0n) is 9.96. The van der Waals surface area contributed by atoms with Crippen LogP contribution in [0.5, 0.6) is 0 Å². The lowest BCUT2D eigenvalue weighted by atomic mass is 10.2. The van der Waals surface area contributed by atoms with Crippen molar-refractivity contribution < 1.29 is 8.42 Å². The molecule has 2 rings (SSSR count). The molecular weight excluding hydrogens is 268 g/mol. The van der Waals surface area contributed by atoms with Gasteiger partial charge in [0.1, 0.15) is 5.01 Å². The van der Waals surface area contributed by atoms with E-state index in [9.17, 15) is 8.42 Å². The van der Waals surface area contributed by atoms with Crippen LogP contribution in [0.3, 0.4) is 0 Å². The molecule has 4 nitrogen and oxygen atoms in total. The summed E-state index contributed by atoms with van der Waals surface area (Å²) in [7, 11) is -3.10. The zero-order chi connectivity index (χ0) is 13.0. The molecule has 2 aromatic rings. The molecule has 0 bridgehead atoms. The SMILES string of the molecule is CS(=O)(=O)c1ccc(CNCc2nccs2)cc1. The van der Waals surface area contributed by atoms with Gasteiger partial charge in [0.25, 0.3) is 0 Å². The van der Waals surface area contributed by atoms with Crippen molar-refractivity contribution in [3.63, 3.8) is 0 Å². The molecule has 0 amide bonds. The summed E-state index contributed by atoms with van der Waals surface area (Å²) < 4.78 is 22.6. The van der Waals surface area contributed by atoms with E-state index in [0.717, 1.165) is 17.1 Å². The number of thiazole rings is 1. The number of nitrogens with one attached hydrogen (secondary N) is 1. The molecule has 1 heterocycles. The largest absolute Gasteiger partial charge is 0.306 e. The lowest BCUT2D eigenvalue weighted by Gasteiger charge is -2.04. The minimum atomic E-state index is -3.10. The maximum absolute atomic E-state index is 11.3. The molecule has 6 heteroatoms. The van der Waals surface area contributed by atoms with Crippen LogP contribution in [0.25, 0.3) is 0 Å². The number of sulfone groups is 1. The van der Waals surface area contributed by atoms with Crippen LogP contribution >= 0.6 is 11.3 Å². The lowest BCUT2D eigenvalue weighted by molar-refractivity contribution is 0.602. The Morgan fingerprint density at radius 2 is 1.94 bits per heavy atom. The molecule has 0 aliphatic heterocycles. The van der Waals surface area contributed by atoms with Crippen molar-refractivity contribution in [1.29, 1.82) is 0 Å². The van der Waals surface area contributed by atoms with Gasteiger partial charge in [-0.15, -0.1) is 11.3 Å². The van der Waals surface area contributed by atoms with Gasteiger partial charge in [-0.2, -0.15) is 0 Å². The van der Waals surface area contributed by atoms with Crippen molar-refractivity contribution in [3.05, 3.63) is 46.4 Å². The van der Waals surface area contributed by atoms with E-state index in [0.29, 0.717) is 11.4 Å². The van der Waals surface area contributed by atoms with Crippen LogP contribution in [0.4, 0.5) is 0 Å². The maximum atomic E-state index is 11.3. The molecule has 0 atom stereocenters. The van der Waals surface area contributed by atoms with Gasteiger partial charge < -0.3 is 5.32 Å². The average molecular weight is 282 g/mol. The second-order valence-corrected chi connectivity index (χ2v) is 6.94. The van der Waals surface area contributed by atoms with Gasteiger partial charge in [-0.05, 0) is 17.7 Å². The Hall–Kier alpha value is -1.24. The van der Waals surface area contributed by atoms with E-state index in [4.69, 9.17) is 0 Å². The highest BCUT2D eigenvalue weighted by Crippen LogP contribution is 2.10. The van der Waals surface area contributed by atoms with Gasteiger partial charge in [-0.1, -0.05) is 12.1 Å². The highest BCUT2D eigenvalue weighted by atomic mass is 32.2. The Bertz CT molecular complexity index is 590. The third-order valence-electron chi connectivity index (χ3n) is 2.44. The van der Waals surface area contributed by atoms with E-state index < -0.39 is 9.84 Å². The molecule has 1 N–H and O–H groups in total. The molecule has 0 aliphatic rings. The van der Waals surface area contributed by atoms with E-state index >= 15 is 0 Å². The Morgan fingerprint density at radius 1 is 1.22 bits per heavy atom. The monoisotopic (exact) mass is 282 g/mol. The highest BCUT2D eigenvalue weighted by molar-refractivity contribution is 7.90. The molecule has 1 aromatic heterocycles. The van der Waals surface area contributed by atoms with Gasteiger partial charge in [-0.3, -0.25) is 0 Å². The van der Waals surface area contributed by atoms with Crippen LogP contribution in [0.15, 0.2) is 40.7 Å². The molecule has 0 aliphatic carbocycles. The first-order chi connectivity index (χ1) is 8.55. The molecule has 18 heavy (non-hydrogen) atoms. The summed E-state index contributed by atoms with van der Waals surface area (Å²) in [5.41, 5.74) is 1.05. The van der Waals surface area contributed by atoms with Crippen LogP contribution in [-0.4, -0.2) is 19.7 Å². The predicted octanol–water partition coefficient (Wildman–Crippen LogP) is 1.84. The zero-order valence-corrected chi connectivity index (χ0v) is 11.6. The second-order valence-electron chi connectivity index (χ2n) is 3.95. The number of aromatic nitrogens is 1. The van der Waals surface area contributed by atoms with Crippen molar-refractivity contribution in [2.24, 2.45) is 0 Å². The standard InChI is InChI=1S/C12H14N2O2S2/c1-18(15,16)11-4-2-10(3-5-11)8-13-9-12-14-6-7-17-12/h2-7,13H,8-9H2,1H3. The van der Waals surface area contributed by atoms with Gasteiger partial charge in [-0.25, -0.2) is 13.4 Å². The first kappa shape index (κ1) is 13.2. The summed E-state index contributed by atoms with van der Waals surface area (Å²) in [5, 5.41) is 6.25. The predicted molar refractivity (Wildman–Crippen MR) is 72.2 cm³/mol. The van der Waals surface area contributed by atoms with Crippen molar-refractivity contribution in [2.75, 3.05) is 6.26 Å². The van der Waals surface area contributed by atoms with Crippen molar-refractivity contribution in [3.8, 4) is 0 Å². The maximum Gasteiger partial charge on any atom is 0.175 e.